The fraction of sp³-hybridized carbons (Fsp3) is 0.529. The standard InChI is InChI=1S/C17H23NO4/c1-11-6-5-7-12(8-11)13-9-14(15(19)20)18(10-13)16(21)22-17(2,3)4/h5-8,13-14H,9-10H2,1-4H3,(H,19,20)/t13-,14-/m0/s1. The third-order valence-corrected chi connectivity index (χ3v) is 3.73. The van der Waals surface area contributed by atoms with Crippen molar-refractivity contribution in [3.05, 3.63) is 35.4 Å². The molecule has 1 aliphatic rings. The van der Waals surface area contributed by atoms with Gasteiger partial charge in [-0.25, -0.2) is 9.59 Å². The van der Waals surface area contributed by atoms with Crippen LogP contribution in [0.4, 0.5) is 4.79 Å². The fourth-order valence-corrected chi connectivity index (χ4v) is 2.76. The van der Waals surface area contributed by atoms with Gasteiger partial charge in [0.15, 0.2) is 0 Å². The number of carboxylic acids is 1. The van der Waals surface area contributed by atoms with E-state index in [1.54, 1.807) is 20.8 Å². The van der Waals surface area contributed by atoms with E-state index in [2.05, 4.69) is 0 Å². The first-order valence-corrected chi connectivity index (χ1v) is 7.46. The molecule has 0 unspecified atom stereocenters. The Morgan fingerprint density at radius 3 is 2.55 bits per heavy atom. The lowest BCUT2D eigenvalue weighted by atomic mass is 9.95. The van der Waals surface area contributed by atoms with Crippen LogP contribution >= 0.6 is 0 Å². The van der Waals surface area contributed by atoms with Crippen LogP contribution in [-0.2, 0) is 9.53 Å². The highest BCUT2D eigenvalue weighted by molar-refractivity contribution is 5.81. The summed E-state index contributed by atoms with van der Waals surface area (Å²) in [5, 5.41) is 9.40. The Hall–Kier alpha value is -2.04. The van der Waals surface area contributed by atoms with Crippen LogP contribution in [0.3, 0.4) is 0 Å². The van der Waals surface area contributed by atoms with Crippen molar-refractivity contribution < 1.29 is 19.4 Å². The second-order valence-corrected chi connectivity index (χ2v) is 6.83. The monoisotopic (exact) mass is 305 g/mol. The Labute approximate surface area is 130 Å². The van der Waals surface area contributed by atoms with E-state index in [4.69, 9.17) is 4.74 Å². The van der Waals surface area contributed by atoms with Gasteiger partial charge < -0.3 is 9.84 Å². The number of hydrogen-bond donors (Lipinski definition) is 1. The highest BCUT2D eigenvalue weighted by atomic mass is 16.6. The number of likely N-dealkylation sites (tertiary alicyclic amines) is 1. The molecular weight excluding hydrogens is 282 g/mol. The summed E-state index contributed by atoms with van der Waals surface area (Å²) >= 11 is 0. The predicted molar refractivity (Wildman–Crippen MR) is 82.9 cm³/mol. The van der Waals surface area contributed by atoms with Crippen molar-refractivity contribution >= 4 is 12.1 Å². The summed E-state index contributed by atoms with van der Waals surface area (Å²) in [6.07, 6.45) is -0.145. The quantitative estimate of drug-likeness (QED) is 0.911. The van der Waals surface area contributed by atoms with E-state index in [-0.39, 0.29) is 5.92 Å². The molecule has 1 aromatic rings. The van der Waals surface area contributed by atoms with Gasteiger partial charge in [-0.15, -0.1) is 0 Å². The average Bonchev–Trinajstić information content (AvgIpc) is 2.82. The number of ether oxygens (including phenoxy) is 1. The van der Waals surface area contributed by atoms with Crippen molar-refractivity contribution in [3.8, 4) is 0 Å². The van der Waals surface area contributed by atoms with Crippen molar-refractivity contribution in [1.29, 1.82) is 0 Å². The largest absolute Gasteiger partial charge is 0.480 e. The minimum atomic E-state index is -0.985. The number of rotatable bonds is 2. The minimum absolute atomic E-state index is 0.0218. The molecule has 0 aromatic heterocycles. The molecule has 120 valence electrons. The van der Waals surface area contributed by atoms with E-state index in [0.717, 1.165) is 11.1 Å². The van der Waals surface area contributed by atoms with Crippen LogP contribution in [0.1, 0.15) is 44.2 Å². The first-order chi connectivity index (χ1) is 10.2. The van der Waals surface area contributed by atoms with Crippen molar-refractivity contribution in [2.45, 2.75) is 51.7 Å². The zero-order valence-corrected chi connectivity index (χ0v) is 13.5. The lowest BCUT2D eigenvalue weighted by molar-refractivity contribution is -0.142. The molecule has 5 heteroatoms. The molecule has 1 heterocycles. The molecule has 0 radical (unpaired) electrons. The summed E-state index contributed by atoms with van der Waals surface area (Å²) in [5.74, 6) is -0.963. The second-order valence-electron chi connectivity index (χ2n) is 6.83. The van der Waals surface area contributed by atoms with Crippen LogP contribution in [0, 0.1) is 6.92 Å². The zero-order chi connectivity index (χ0) is 16.5. The third kappa shape index (κ3) is 3.78. The summed E-state index contributed by atoms with van der Waals surface area (Å²) in [6, 6.07) is 7.15. The molecule has 1 fully saturated rings. The molecule has 1 aromatic carbocycles. The highest BCUT2D eigenvalue weighted by Crippen LogP contribution is 2.33. The molecule has 5 nitrogen and oxygen atoms in total. The van der Waals surface area contributed by atoms with Crippen LogP contribution in [0.2, 0.25) is 0 Å². The zero-order valence-electron chi connectivity index (χ0n) is 13.5. The highest BCUT2D eigenvalue weighted by Gasteiger charge is 2.41. The molecule has 0 spiro atoms. The Kier molecular flexibility index (Phi) is 4.44. The first-order valence-electron chi connectivity index (χ1n) is 7.46. The van der Waals surface area contributed by atoms with Gasteiger partial charge in [-0.2, -0.15) is 0 Å². The molecule has 0 saturated carbocycles. The van der Waals surface area contributed by atoms with Crippen LogP contribution in [0.5, 0.6) is 0 Å². The molecule has 22 heavy (non-hydrogen) atoms. The maximum Gasteiger partial charge on any atom is 0.411 e. The van der Waals surface area contributed by atoms with Crippen molar-refractivity contribution in [2.75, 3.05) is 6.54 Å². The number of amides is 1. The maximum atomic E-state index is 12.3. The summed E-state index contributed by atoms with van der Waals surface area (Å²) in [5.41, 5.74) is 1.55. The Morgan fingerprint density at radius 1 is 1.32 bits per heavy atom. The van der Waals surface area contributed by atoms with Crippen molar-refractivity contribution in [3.63, 3.8) is 0 Å². The number of benzene rings is 1. The van der Waals surface area contributed by atoms with Crippen LogP contribution < -0.4 is 0 Å². The number of carbonyl (C=O) groups is 2. The van der Waals surface area contributed by atoms with E-state index < -0.39 is 23.7 Å². The maximum absolute atomic E-state index is 12.3. The van der Waals surface area contributed by atoms with Gasteiger partial charge >= 0.3 is 12.1 Å². The van der Waals surface area contributed by atoms with Gasteiger partial charge in [-0.05, 0) is 39.7 Å². The lowest BCUT2D eigenvalue weighted by Gasteiger charge is -2.26. The van der Waals surface area contributed by atoms with E-state index >= 15 is 0 Å². The number of hydrogen-bond acceptors (Lipinski definition) is 3. The second kappa shape index (κ2) is 5.99. The SMILES string of the molecule is Cc1cccc([C@H]2C[C@@H](C(=O)O)N(C(=O)OC(C)(C)C)C2)c1. The smallest absolute Gasteiger partial charge is 0.411 e. The lowest BCUT2D eigenvalue weighted by Crippen LogP contribution is -2.43. The molecule has 0 bridgehead atoms. The number of nitrogens with zero attached hydrogens (tertiary/aromatic N) is 1. The number of aliphatic carboxylic acids is 1. The van der Waals surface area contributed by atoms with Gasteiger partial charge in [0.25, 0.3) is 0 Å². The average molecular weight is 305 g/mol. The molecule has 1 amide bonds. The Morgan fingerprint density at radius 2 is 2.00 bits per heavy atom. The molecule has 1 aliphatic heterocycles. The summed E-state index contributed by atoms with van der Waals surface area (Å²) in [7, 11) is 0. The Balaban J connectivity index is 2.19. The third-order valence-electron chi connectivity index (χ3n) is 3.73. The van der Waals surface area contributed by atoms with Gasteiger partial charge in [0.2, 0.25) is 0 Å². The predicted octanol–water partition coefficient (Wildman–Crippen LogP) is 3.17. The molecule has 2 rings (SSSR count). The summed E-state index contributed by atoms with van der Waals surface area (Å²) in [6.45, 7) is 7.69. The molecule has 0 aliphatic carbocycles. The normalized spacial score (nSPS) is 21.7. The van der Waals surface area contributed by atoms with Crippen LogP contribution in [0.15, 0.2) is 24.3 Å². The molecule has 1 saturated heterocycles. The van der Waals surface area contributed by atoms with Crippen LogP contribution in [-0.4, -0.2) is 40.3 Å². The molecule has 2 atom stereocenters. The van der Waals surface area contributed by atoms with Crippen LogP contribution in [0.25, 0.3) is 0 Å². The fourth-order valence-electron chi connectivity index (χ4n) is 2.76. The van der Waals surface area contributed by atoms with Crippen molar-refractivity contribution in [1.82, 2.24) is 4.90 Å². The summed E-state index contributed by atoms with van der Waals surface area (Å²) < 4.78 is 5.33. The van der Waals surface area contributed by atoms with Gasteiger partial charge in [0.05, 0.1) is 0 Å². The summed E-state index contributed by atoms with van der Waals surface area (Å²) in [4.78, 5) is 25.1. The topological polar surface area (TPSA) is 66.8 Å². The van der Waals surface area contributed by atoms with Gasteiger partial charge in [0.1, 0.15) is 11.6 Å². The molecular formula is C17H23NO4. The number of carboxylic acid groups (broad SMARTS) is 1. The van der Waals surface area contributed by atoms with Crippen molar-refractivity contribution in [2.24, 2.45) is 0 Å². The first kappa shape index (κ1) is 16.3. The molecule has 1 N–H and O–H groups in total. The minimum Gasteiger partial charge on any atom is -0.480 e. The Bertz CT molecular complexity index is 576. The van der Waals surface area contributed by atoms with E-state index in [1.807, 2.05) is 31.2 Å². The van der Waals surface area contributed by atoms with Gasteiger partial charge in [-0.3, -0.25) is 4.90 Å². The van der Waals surface area contributed by atoms with Gasteiger partial charge in [-0.1, -0.05) is 29.8 Å². The van der Waals surface area contributed by atoms with E-state index in [1.165, 1.54) is 4.90 Å². The number of aryl methyl sites for hydroxylation is 1. The van der Waals surface area contributed by atoms with E-state index in [9.17, 15) is 14.7 Å². The van der Waals surface area contributed by atoms with E-state index in [0.29, 0.717) is 13.0 Å². The number of carbonyl (C=O) groups excluding carboxylic acids is 1. The van der Waals surface area contributed by atoms with Gasteiger partial charge in [0, 0.05) is 12.5 Å².